The lowest BCUT2D eigenvalue weighted by molar-refractivity contribution is -0.143. The molecule has 0 radical (unpaired) electrons. The normalized spacial score (nSPS) is 13.6. The minimum absolute atomic E-state index is 0.142. The second-order valence-corrected chi connectivity index (χ2v) is 12.9. The average molecular weight is 532 g/mol. The molecule has 2 N–H and O–H groups in total. The van der Waals surface area contributed by atoms with E-state index >= 15 is 0 Å². The first kappa shape index (κ1) is 33.5. The van der Waals surface area contributed by atoms with Crippen molar-refractivity contribution in [2.75, 3.05) is 6.54 Å². The zero-order valence-corrected chi connectivity index (χ0v) is 25.8. The molecule has 7 heteroatoms. The molecule has 0 saturated heterocycles. The number of benzene rings is 1. The standard InChI is InChI=1S/C31H53N3O4/c1-12-13-14-15-18-34(28(36)25(19-21(2)3)32-29(37)38-31(9,10)11)26(27(35)33-30(6,7)8)24-17-16-22(4)20-23(24)5/h16-17,20-21,25-26H,12-15,18-19H2,1-11H3,(H,32,37)(H,33,35). The first-order valence-corrected chi connectivity index (χ1v) is 14.1. The van der Waals surface area contributed by atoms with Crippen LogP contribution in [0.15, 0.2) is 18.2 Å². The predicted molar refractivity (Wildman–Crippen MR) is 155 cm³/mol. The average Bonchev–Trinajstić information content (AvgIpc) is 2.73. The molecule has 0 saturated carbocycles. The van der Waals surface area contributed by atoms with E-state index in [9.17, 15) is 14.4 Å². The number of hydrogen-bond donors (Lipinski definition) is 2. The highest BCUT2D eigenvalue weighted by atomic mass is 16.6. The van der Waals surface area contributed by atoms with Crippen molar-refractivity contribution in [3.8, 4) is 0 Å². The second-order valence-electron chi connectivity index (χ2n) is 12.9. The van der Waals surface area contributed by atoms with Crippen molar-refractivity contribution in [1.29, 1.82) is 0 Å². The molecule has 1 rings (SSSR count). The molecule has 3 amide bonds. The zero-order valence-electron chi connectivity index (χ0n) is 25.8. The van der Waals surface area contributed by atoms with Crippen LogP contribution in [0.5, 0.6) is 0 Å². The Labute approximate surface area is 231 Å². The van der Waals surface area contributed by atoms with Crippen molar-refractivity contribution in [2.45, 2.75) is 131 Å². The lowest BCUT2D eigenvalue weighted by Gasteiger charge is -2.37. The molecule has 0 aromatic heterocycles. The maximum atomic E-state index is 14.3. The van der Waals surface area contributed by atoms with Gasteiger partial charge in [-0.05, 0) is 85.3 Å². The van der Waals surface area contributed by atoms with Crippen LogP contribution in [0.25, 0.3) is 0 Å². The van der Waals surface area contributed by atoms with Gasteiger partial charge >= 0.3 is 6.09 Å². The molecular weight excluding hydrogens is 478 g/mol. The first-order valence-electron chi connectivity index (χ1n) is 14.1. The summed E-state index contributed by atoms with van der Waals surface area (Å²) in [4.78, 5) is 42.6. The van der Waals surface area contributed by atoms with Crippen LogP contribution in [-0.2, 0) is 14.3 Å². The third-order valence-electron chi connectivity index (χ3n) is 6.01. The van der Waals surface area contributed by atoms with Gasteiger partial charge in [-0.1, -0.05) is 63.8 Å². The molecule has 0 bridgehead atoms. The van der Waals surface area contributed by atoms with Crippen LogP contribution in [0.3, 0.4) is 0 Å². The Kier molecular flexibility index (Phi) is 12.8. The largest absolute Gasteiger partial charge is 0.444 e. The van der Waals surface area contributed by atoms with Crippen LogP contribution in [0.4, 0.5) is 4.79 Å². The van der Waals surface area contributed by atoms with Crippen molar-refractivity contribution in [3.63, 3.8) is 0 Å². The van der Waals surface area contributed by atoms with E-state index in [1.54, 1.807) is 25.7 Å². The van der Waals surface area contributed by atoms with Gasteiger partial charge in [0.05, 0.1) is 0 Å². The molecule has 38 heavy (non-hydrogen) atoms. The summed E-state index contributed by atoms with van der Waals surface area (Å²) in [6.45, 7) is 21.7. The maximum absolute atomic E-state index is 14.3. The van der Waals surface area contributed by atoms with Crippen LogP contribution in [-0.4, -0.2) is 46.5 Å². The molecule has 0 aliphatic heterocycles. The molecule has 1 aromatic rings. The van der Waals surface area contributed by atoms with Crippen LogP contribution in [0.1, 0.15) is 117 Å². The smallest absolute Gasteiger partial charge is 0.408 e. The summed E-state index contributed by atoms with van der Waals surface area (Å²) in [5.41, 5.74) is 1.67. The van der Waals surface area contributed by atoms with E-state index < -0.39 is 29.3 Å². The Balaban J connectivity index is 3.59. The number of carbonyl (C=O) groups is 3. The minimum atomic E-state index is -0.820. The van der Waals surface area contributed by atoms with Gasteiger partial charge in [-0.2, -0.15) is 0 Å². The Morgan fingerprint density at radius 3 is 2.11 bits per heavy atom. The van der Waals surface area contributed by atoms with Gasteiger partial charge < -0.3 is 20.3 Å². The highest BCUT2D eigenvalue weighted by molar-refractivity contribution is 5.92. The lowest BCUT2D eigenvalue weighted by Crippen LogP contribution is -2.55. The van der Waals surface area contributed by atoms with Gasteiger partial charge in [0.15, 0.2) is 0 Å². The van der Waals surface area contributed by atoms with Gasteiger partial charge in [0, 0.05) is 12.1 Å². The predicted octanol–water partition coefficient (Wildman–Crippen LogP) is 6.61. The number of unbranched alkanes of at least 4 members (excludes halogenated alkanes) is 3. The monoisotopic (exact) mass is 531 g/mol. The molecule has 0 heterocycles. The van der Waals surface area contributed by atoms with Crippen molar-refractivity contribution in [2.24, 2.45) is 5.92 Å². The minimum Gasteiger partial charge on any atom is -0.444 e. The van der Waals surface area contributed by atoms with E-state index in [-0.39, 0.29) is 17.7 Å². The number of amides is 3. The van der Waals surface area contributed by atoms with Crippen molar-refractivity contribution >= 4 is 17.9 Å². The fraction of sp³-hybridized carbons (Fsp3) is 0.710. The summed E-state index contributed by atoms with van der Waals surface area (Å²) in [6.07, 6.45) is 3.64. The third kappa shape index (κ3) is 11.9. The molecule has 0 aliphatic rings. The molecule has 2 atom stereocenters. The molecule has 216 valence electrons. The zero-order chi connectivity index (χ0) is 29.3. The number of hydrogen-bond acceptors (Lipinski definition) is 4. The highest BCUT2D eigenvalue weighted by Crippen LogP contribution is 2.28. The van der Waals surface area contributed by atoms with Gasteiger partial charge in [0.1, 0.15) is 17.7 Å². The molecule has 0 spiro atoms. The van der Waals surface area contributed by atoms with Crippen LogP contribution < -0.4 is 10.6 Å². The molecule has 0 aliphatic carbocycles. The molecule has 2 unspecified atom stereocenters. The summed E-state index contributed by atoms with van der Waals surface area (Å²) in [6, 6.07) is 4.33. The SMILES string of the molecule is CCCCCCN(C(=O)C(CC(C)C)NC(=O)OC(C)(C)C)C(C(=O)NC(C)(C)C)c1ccc(C)cc1C. The van der Waals surface area contributed by atoms with Crippen LogP contribution >= 0.6 is 0 Å². The Bertz CT molecular complexity index is 928. The topological polar surface area (TPSA) is 87.7 Å². The van der Waals surface area contributed by atoms with Gasteiger partial charge in [0.25, 0.3) is 0 Å². The fourth-order valence-electron chi connectivity index (χ4n) is 4.44. The Morgan fingerprint density at radius 1 is 0.974 bits per heavy atom. The van der Waals surface area contributed by atoms with E-state index in [0.29, 0.717) is 13.0 Å². The number of aryl methyl sites for hydroxylation is 2. The molecular formula is C31H53N3O4. The van der Waals surface area contributed by atoms with E-state index in [4.69, 9.17) is 4.74 Å². The number of alkyl carbamates (subject to hydrolysis) is 1. The maximum Gasteiger partial charge on any atom is 0.408 e. The number of ether oxygens (including phenoxy) is 1. The summed E-state index contributed by atoms with van der Waals surface area (Å²) < 4.78 is 5.48. The summed E-state index contributed by atoms with van der Waals surface area (Å²) in [7, 11) is 0. The summed E-state index contributed by atoms with van der Waals surface area (Å²) >= 11 is 0. The summed E-state index contributed by atoms with van der Waals surface area (Å²) in [5, 5.41) is 5.92. The van der Waals surface area contributed by atoms with E-state index in [0.717, 1.165) is 42.4 Å². The van der Waals surface area contributed by atoms with E-state index in [1.165, 1.54) is 0 Å². The fourth-order valence-corrected chi connectivity index (χ4v) is 4.44. The number of carbonyl (C=O) groups excluding carboxylic acids is 3. The molecule has 0 fully saturated rings. The first-order chi connectivity index (χ1) is 17.4. The van der Waals surface area contributed by atoms with Crippen LogP contribution in [0, 0.1) is 19.8 Å². The van der Waals surface area contributed by atoms with Crippen LogP contribution in [0.2, 0.25) is 0 Å². The number of nitrogens with zero attached hydrogens (tertiary/aromatic N) is 1. The van der Waals surface area contributed by atoms with Gasteiger partial charge in [-0.25, -0.2) is 4.79 Å². The molecule has 1 aromatic carbocycles. The third-order valence-corrected chi connectivity index (χ3v) is 6.01. The Hall–Kier alpha value is -2.57. The van der Waals surface area contributed by atoms with Gasteiger partial charge in [-0.15, -0.1) is 0 Å². The lowest BCUT2D eigenvalue weighted by atomic mass is 9.94. The van der Waals surface area contributed by atoms with Crippen molar-refractivity contribution < 1.29 is 19.1 Å². The Morgan fingerprint density at radius 2 is 1.61 bits per heavy atom. The van der Waals surface area contributed by atoms with E-state index in [1.807, 2.05) is 66.7 Å². The number of nitrogens with one attached hydrogen (secondary N) is 2. The highest BCUT2D eigenvalue weighted by Gasteiger charge is 2.37. The quantitative estimate of drug-likeness (QED) is 0.297. The second kappa shape index (κ2) is 14.5. The van der Waals surface area contributed by atoms with Gasteiger partial charge in [-0.3, -0.25) is 9.59 Å². The van der Waals surface area contributed by atoms with E-state index in [2.05, 4.69) is 17.6 Å². The number of rotatable bonds is 12. The summed E-state index contributed by atoms with van der Waals surface area (Å²) in [5.74, 6) is -0.354. The van der Waals surface area contributed by atoms with Crippen molar-refractivity contribution in [1.82, 2.24) is 15.5 Å². The molecule has 7 nitrogen and oxygen atoms in total. The van der Waals surface area contributed by atoms with Crippen molar-refractivity contribution in [3.05, 3.63) is 34.9 Å². The van der Waals surface area contributed by atoms with Gasteiger partial charge in [0.2, 0.25) is 11.8 Å².